The maximum Gasteiger partial charge on any atom is -0.0136 e. The quantitative estimate of drug-likeness (QED) is 0.562. The van der Waals surface area contributed by atoms with Crippen molar-refractivity contribution in [2.24, 2.45) is 35.0 Å². The van der Waals surface area contributed by atoms with E-state index in [1.807, 2.05) is 0 Å². The molecule has 4 rings (SSSR count). The molecule has 3 saturated carbocycles. The molecule has 0 heterocycles. The van der Waals surface area contributed by atoms with Gasteiger partial charge in [-0.15, -0.1) is 0 Å². The van der Waals surface area contributed by atoms with Crippen molar-refractivity contribution in [3.63, 3.8) is 0 Å². The van der Waals surface area contributed by atoms with E-state index in [9.17, 15) is 0 Å². The van der Waals surface area contributed by atoms with Crippen LogP contribution in [0.3, 0.4) is 0 Å². The Morgan fingerprint density at radius 3 is 2.72 bits per heavy atom. The van der Waals surface area contributed by atoms with Gasteiger partial charge in [-0.3, -0.25) is 0 Å². The molecule has 3 fully saturated rings. The summed E-state index contributed by atoms with van der Waals surface area (Å²) in [5.41, 5.74) is 0.724. The third kappa shape index (κ3) is 1.50. The van der Waals surface area contributed by atoms with Crippen molar-refractivity contribution in [1.29, 1.82) is 0 Å². The van der Waals surface area contributed by atoms with Gasteiger partial charge in [0.1, 0.15) is 0 Å². The number of fused-ring (bicyclic) bond motifs is 5. The SMILES string of the molecule is CC12CCCC1C1CCC3C=CC=CC3C1CC2. The smallest absolute Gasteiger partial charge is 0.0136 e. The Kier molecular flexibility index (Phi) is 2.51. The van der Waals surface area contributed by atoms with E-state index in [-0.39, 0.29) is 0 Å². The summed E-state index contributed by atoms with van der Waals surface area (Å²) < 4.78 is 0. The zero-order valence-electron chi connectivity index (χ0n) is 11.6. The molecule has 0 aliphatic heterocycles. The maximum absolute atomic E-state index is 2.60. The van der Waals surface area contributed by atoms with Gasteiger partial charge in [0.2, 0.25) is 0 Å². The minimum absolute atomic E-state index is 0.724. The van der Waals surface area contributed by atoms with Crippen LogP contribution in [0.1, 0.15) is 51.9 Å². The molecule has 0 heteroatoms. The first kappa shape index (κ1) is 11.3. The van der Waals surface area contributed by atoms with Crippen LogP contribution in [-0.2, 0) is 0 Å². The molecule has 0 bridgehead atoms. The highest BCUT2D eigenvalue weighted by Gasteiger charge is 2.52. The van der Waals surface area contributed by atoms with Gasteiger partial charge in [-0.2, -0.15) is 0 Å². The minimum Gasteiger partial charge on any atom is -0.0808 e. The van der Waals surface area contributed by atoms with Crippen LogP contribution in [0.15, 0.2) is 24.3 Å². The molecule has 0 N–H and O–H groups in total. The Bertz CT molecular complexity index is 391. The Hall–Kier alpha value is -0.520. The number of allylic oxidation sites excluding steroid dienone is 4. The predicted octanol–water partition coefficient (Wildman–Crippen LogP) is 4.97. The third-order valence-corrected chi connectivity index (χ3v) is 6.90. The summed E-state index contributed by atoms with van der Waals surface area (Å²) in [5, 5.41) is 0. The first-order chi connectivity index (χ1) is 8.78. The van der Waals surface area contributed by atoms with Crippen molar-refractivity contribution < 1.29 is 0 Å². The summed E-state index contributed by atoms with van der Waals surface area (Å²) in [4.78, 5) is 0. The predicted molar refractivity (Wildman–Crippen MR) is 76.2 cm³/mol. The summed E-state index contributed by atoms with van der Waals surface area (Å²) in [7, 11) is 0. The second-order valence-electron chi connectivity index (χ2n) is 7.61. The highest BCUT2D eigenvalue weighted by atomic mass is 14.6. The van der Waals surface area contributed by atoms with Crippen molar-refractivity contribution in [2.45, 2.75) is 51.9 Å². The molecule has 0 nitrogen and oxygen atoms in total. The van der Waals surface area contributed by atoms with E-state index in [1.165, 1.54) is 44.9 Å². The van der Waals surface area contributed by atoms with Gasteiger partial charge in [-0.05, 0) is 73.5 Å². The summed E-state index contributed by atoms with van der Waals surface area (Å²) in [6.07, 6.45) is 20.2. The van der Waals surface area contributed by atoms with Crippen molar-refractivity contribution in [1.82, 2.24) is 0 Å². The summed E-state index contributed by atoms with van der Waals surface area (Å²) >= 11 is 0. The lowest BCUT2D eigenvalue weighted by Crippen LogP contribution is -2.45. The highest BCUT2D eigenvalue weighted by molar-refractivity contribution is 5.18. The second kappa shape index (κ2) is 3.99. The van der Waals surface area contributed by atoms with Gasteiger partial charge < -0.3 is 0 Å². The van der Waals surface area contributed by atoms with Gasteiger partial charge in [0.25, 0.3) is 0 Å². The molecule has 4 aliphatic carbocycles. The van der Waals surface area contributed by atoms with Crippen LogP contribution in [0.2, 0.25) is 0 Å². The van der Waals surface area contributed by atoms with Crippen LogP contribution in [0, 0.1) is 35.0 Å². The summed E-state index contributed by atoms with van der Waals surface area (Å²) in [5.74, 6) is 4.90. The molecule has 0 radical (unpaired) electrons. The van der Waals surface area contributed by atoms with Crippen LogP contribution < -0.4 is 0 Å². The Morgan fingerprint density at radius 2 is 1.78 bits per heavy atom. The normalized spacial score (nSPS) is 53.7. The van der Waals surface area contributed by atoms with Crippen LogP contribution in [0.5, 0.6) is 0 Å². The van der Waals surface area contributed by atoms with Crippen LogP contribution >= 0.6 is 0 Å². The van der Waals surface area contributed by atoms with Crippen LogP contribution in [0.4, 0.5) is 0 Å². The third-order valence-electron chi connectivity index (χ3n) is 6.90. The van der Waals surface area contributed by atoms with Crippen molar-refractivity contribution in [2.75, 3.05) is 0 Å². The topological polar surface area (TPSA) is 0 Å². The van der Waals surface area contributed by atoms with Gasteiger partial charge >= 0.3 is 0 Å². The molecule has 18 heavy (non-hydrogen) atoms. The van der Waals surface area contributed by atoms with Gasteiger partial charge in [0, 0.05) is 0 Å². The Morgan fingerprint density at radius 1 is 0.889 bits per heavy atom. The second-order valence-corrected chi connectivity index (χ2v) is 7.61. The summed E-state index contributed by atoms with van der Waals surface area (Å²) in [6.45, 7) is 2.60. The van der Waals surface area contributed by atoms with E-state index in [0.29, 0.717) is 0 Å². The van der Waals surface area contributed by atoms with E-state index in [4.69, 9.17) is 0 Å². The zero-order valence-corrected chi connectivity index (χ0v) is 11.6. The van der Waals surface area contributed by atoms with Crippen LogP contribution in [-0.4, -0.2) is 0 Å². The molecule has 0 amide bonds. The lowest BCUT2D eigenvalue weighted by molar-refractivity contribution is -0.0155. The molecule has 0 aromatic carbocycles. The average Bonchev–Trinajstić information content (AvgIpc) is 2.80. The standard InChI is InChI=1S/C18H26/c1-18-11-4-7-17(18)16-9-8-13-5-2-3-6-14(13)15(16)10-12-18/h2-3,5-6,13-17H,4,7-12H2,1H3. The highest BCUT2D eigenvalue weighted by Crippen LogP contribution is 2.61. The van der Waals surface area contributed by atoms with E-state index in [1.54, 1.807) is 0 Å². The number of rotatable bonds is 0. The lowest BCUT2D eigenvalue weighted by atomic mass is 9.52. The average molecular weight is 242 g/mol. The van der Waals surface area contributed by atoms with E-state index >= 15 is 0 Å². The Balaban J connectivity index is 1.63. The fourth-order valence-electron chi connectivity index (χ4n) is 6.01. The van der Waals surface area contributed by atoms with Crippen molar-refractivity contribution in [3.8, 4) is 0 Å². The zero-order chi connectivity index (χ0) is 12.2. The molecule has 0 aromatic rings. The van der Waals surface area contributed by atoms with Crippen molar-refractivity contribution >= 4 is 0 Å². The lowest BCUT2D eigenvalue weighted by Gasteiger charge is -2.53. The van der Waals surface area contributed by atoms with Gasteiger partial charge in [0.05, 0.1) is 0 Å². The van der Waals surface area contributed by atoms with Crippen molar-refractivity contribution in [3.05, 3.63) is 24.3 Å². The fraction of sp³-hybridized carbons (Fsp3) is 0.778. The minimum atomic E-state index is 0.724. The first-order valence-electron chi connectivity index (χ1n) is 8.13. The molecule has 4 aliphatic rings. The monoisotopic (exact) mass is 242 g/mol. The molecule has 0 spiro atoms. The largest absolute Gasteiger partial charge is 0.0808 e. The van der Waals surface area contributed by atoms with E-state index < -0.39 is 0 Å². The Labute approximate surface area is 112 Å². The summed E-state index contributed by atoms with van der Waals surface area (Å²) in [6, 6.07) is 0. The van der Waals surface area contributed by atoms with Crippen LogP contribution in [0.25, 0.3) is 0 Å². The maximum atomic E-state index is 2.60. The van der Waals surface area contributed by atoms with E-state index in [2.05, 4.69) is 31.2 Å². The van der Waals surface area contributed by atoms with E-state index in [0.717, 1.165) is 35.0 Å². The van der Waals surface area contributed by atoms with Gasteiger partial charge in [-0.1, -0.05) is 37.6 Å². The molecule has 6 atom stereocenters. The molecular weight excluding hydrogens is 216 g/mol. The molecule has 6 unspecified atom stereocenters. The molecule has 0 aromatic heterocycles. The van der Waals surface area contributed by atoms with Gasteiger partial charge in [0.15, 0.2) is 0 Å². The first-order valence-corrected chi connectivity index (χ1v) is 8.13. The molecule has 0 saturated heterocycles. The van der Waals surface area contributed by atoms with Gasteiger partial charge in [-0.25, -0.2) is 0 Å². The molecular formula is C18H26. The molecule has 98 valence electrons. The number of hydrogen-bond donors (Lipinski definition) is 0. The fourth-order valence-corrected chi connectivity index (χ4v) is 6.01. The number of hydrogen-bond acceptors (Lipinski definition) is 0.